The van der Waals surface area contributed by atoms with Crippen LogP contribution < -0.4 is 11.1 Å². The lowest BCUT2D eigenvalue weighted by Gasteiger charge is -2.34. The normalized spacial score (nSPS) is 18.2. The smallest absolute Gasteiger partial charge is 0.320 e. The Morgan fingerprint density at radius 1 is 1.11 bits per heavy atom. The third-order valence-electron chi connectivity index (χ3n) is 7.73. The van der Waals surface area contributed by atoms with Crippen LogP contribution in [0.5, 0.6) is 0 Å². The van der Waals surface area contributed by atoms with E-state index in [1.165, 1.54) is 5.56 Å². The quantitative estimate of drug-likeness (QED) is 0.289. The first-order valence-electron chi connectivity index (χ1n) is 14.2. The van der Waals surface area contributed by atoms with Crippen molar-refractivity contribution < 1.29 is 9.90 Å². The molecule has 0 aromatic heterocycles. The number of allylic oxidation sites excluding steroid dienone is 2. The van der Waals surface area contributed by atoms with Gasteiger partial charge in [-0.2, -0.15) is 0 Å². The van der Waals surface area contributed by atoms with Crippen molar-refractivity contribution in [3.8, 4) is 0 Å². The fourth-order valence-corrected chi connectivity index (χ4v) is 5.27. The molecule has 1 fully saturated rings. The van der Waals surface area contributed by atoms with E-state index in [1.54, 1.807) is 0 Å². The molecule has 0 radical (unpaired) electrons. The molecule has 0 aliphatic carbocycles. The van der Waals surface area contributed by atoms with Crippen LogP contribution in [0.25, 0.3) is 0 Å². The van der Waals surface area contributed by atoms with E-state index >= 15 is 0 Å². The molecule has 1 aliphatic heterocycles. The number of carbonyl (C=O) groups is 1. The lowest BCUT2D eigenvalue weighted by Crippen LogP contribution is -2.45. The number of carboxylic acids is 1. The summed E-state index contributed by atoms with van der Waals surface area (Å²) >= 11 is 0. The minimum absolute atomic E-state index is 0.00181. The van der Waals surface area contributed by atoms with E-state index in [0.717, 1.165) is 75.3 Å². The molecule has 1 saturated heterocycles. The van der Waals surface area contributed by atoms with E-state index < -0.39 is 12.0 Å². The van der Waals surface area contributed by atoms with Gasteiger partial charge in [0.2, 0.25) is 0 Å². The van der Waals surface area contributed by atoms with Crippen molar-refractivity contribution >= 4 is 11.7 Å². The molecule has 38 heavy (non-hydrogen) atoms. The first kappa shape index (κ1) is 29.6. The Morgan fingerprint density at radius 3 is 2.32 bits per heavy atom. The van der Waals surface area contributed by atoms with Gasteiger partial charge in [0.15, 0.2) is 0 Å². The monoisotopic (exact) mass is 518 g/mol. The maximum Gasteiger partial charge on any atom is 0.320 e. The van der Waals surface area contributed by atoms with Crippen molar-refractivity contribution in [1.29, 1.82) is 0 Å². The molecular formula is C32H46N4O2. The summed E-state index contributed by atoms with van der Waals surface area (Å²) in [6, 6.07) is 20.0. The van der Waals surface area contributed by atoms with Crippen LogP contribution in [-0.4, -0.2) is 53.9 Å². The number of aliphatic carboxylic acids is 1. The van der Waals surface area contributed by atoms with Crippen molar-refractivity contribution in [3.63, 3.8) is 0 Å². The number of hydrogen-bond acceptors (Lipinski definition) is 5. The molecule has 2 aromatic carbocycles. The summed E-state index contributed by atoms with van der Waals surface area (Å²) in [4.78, 5) is 19.3. The minimum atomic E-state index is -0.775. The highest BCUT2D eigenvalue weighted by molar-refractivity contribution is 5.97. The minimum Gasteiger partial charge on any atom is -0.480 e. The summed E-state index contributed by atoms with van der Waals surface area (Å²) in [7, 11) is 0. The number of carboxylic acid groups (broad SMARTS) is 1. The summed E-state index contributed by atoms with van der Waals surface area (Å²) in [5.74, 6) is -0.290. The standard InChI is InChI=1S/C32H46N4O2/c1-4-24(3)31(32(37)38)35-29(26-14-10-7-11-15-26)18-21-36-19-16-27(17-20-36)30(34-5-2)23-28(33)22-25-12-8-6-9-13-25/h6-15,23-24,27,29,31,35H,4-5,16-22,33H2,1-3H3,(H,37,38)/b28-23-,34-30?/t24?,29-,31?/m0/s1. The van der Waals surface area contributed by atoms with Gasteiger partial charge in [-0.3, -0.25) is 15.1 Å². The van der Waals surface area contributed by atoms with Crippen LogP contribution in [-0.2, 0) is 11.2 Å². The van der Waals surface area contributed by atoms with Gasteiger partial charge in [0.25, 0.3) is 0 Å². The molecule has 0 amide bonds. The number of nitrogens with two attached hydrogens (primary N) is 1. The second kappa shape index (κ2) is 15.5. The summed E-state index contributed by atoms with van der Waals surface area (Å²) in [6.07, 6.45) is 6.65. The van der Waals surface area contributed by atoms with Gasteiger partial charge in [0.05, 0.1) is 0 Å². The number of hydrogen-bond donors (Lipinski definition) is 3. The zero-order chi connectivity index (χ0) is 27.3. The largest absolute Gasteiger partial charge is 0.480 e. The van der Waals surface area contributed by atoms with Crippen molar-refractivity contribution in [3.05, 3.63) is 83.6 Å². The topological polar surface area (TPSA) is 91.0 Å². The van der Waals surface area contributed by atoms with E-state index in [4.69, 9.17) is 10.7 Å². The van der Waals surface area contributed by atoms with Crippen LogP contribution >= 0.6 is 0 Å². The van der Waals surface area contributed by atoms with E-state index in [0.29, 0.717) is 5.92 Å². The lowest BCUT2D eigenvalue weighted by molar-refractivity contribution is -0.141. The van der Waals surface area contributed by atoms with Gasteiger partial charge >= 0.3 is 5.97 Å². The number of aliphatic imine (C=N–C) groups is 1. The molecule has 206 valence electrons. The van der Waals surface area contributed by atoms with Crippen LogP contribution in [0.15, 0.2) is 77.4 Å². The Kier molecular flexibility index (Phi) is 12.0. The Labute approximate surface area is 229 Å². The molecule has 3 atom stereocenters. The van der Waals surface area contributed by atoms with E-state index in [1.807, 2.05) is 50.2 Å². The predicted octanol–water partition coefficient (Wildman–Crippen LogP) is 5.46. The fraction of sp³-hybridized carbons (Fsp3) is 0.500. The number of benzene rings is 2. The molecule has 4 N–H and O–H groups in total. The van der Waals surface area contributed by atoms with E-state index in [9.17, 15) is 9.90 Å². The van der Waals surface area contributed by atoms with Crippen LogP contribution in [0.4, 0.5) is 0 Å². The van der Waals surface area contributed by atoms with Gasteiger partial charge in [-0.1, -0.05) is 80.9 Å². The number of piperidine rings is 1. The highest BCUT2D eigenvalue weighted by atomic mass is 16.4. The van der Waals surface area contributed by atoms with Crippen LogP contribution in [0, 0.1) is 11.8 Å². The van der Waals surface area contributed by atoms with E-state index in [-0.39, 0.29) is 12.0 Å². The van der Waals surface area contributed by atoms with E-state index in [2.05, 4.69) is 47.5 Å². The van der Waals surface area contributed by atoms with Gasteiger partial charge in [0.1, 0.15) is 6.04 Å². The zero-order valence-corrected chi connectivity index (χ0v) is 23.4. The first-order chi connectivity index (χ1) is 18.4. The predicted molar refractivity (Wildman–Crippen MR) is 157 cm³/mol. The molecular weight excluding hydrogens is 472 g/mol. The molecule has 6 nitrogen and oxygen atoms in total. The average Bonchev–Trinajstić information content (AvgIpc) is 2.93. The Morgan fingerprint density at radius 2 is 1.74 bits per heavy atom. The highest BCUT2D eigenvalue weighted by Gasteiger charge is 2.28. The molecule has 1 aliphatic rings. The number of nitrogens with zero attached hydrogens (tertiary/aromatic N) is 2. The second-order valence-corrected chi connectivity index (χ2v) is 10.5. The molecule has 0 saturated carbocycles. The first-order valence-corrected chi connectivity index (χ1v) is 14.2. The summed E-state index contributed by atoms with van der Waals surface area (Å²) < 4.78 is 0. The summed E-state index contributed by atoms with van der Waals surface area (Å²) in [5, 5.41) is 13.3. The van der Waals surface area contributed by atoms with Crippen molar-refractivity contribution in [2.24, 2.45) is 22.6 Å². The summed E-state index contributed by atoms with van der Waals surface area (Å²) in [5.41, 5.74) is 10.8. The molecule has 0 spiro atoms. The SMILES string of the molecule is CCN=C(/C=C(\N)Cc1ccccc1)C1CCN(CC[C@H](NC(C(=O)O)C(C)CC)c2ccccc2)CC1. The molecule has 1 heterocycles. The maximum absolute atomic E-state index is 12.0. The molecule has 0 bridgehead atoms. The zero-order valence-electron chi connectivity index (χ0n) is 23.4. The molecule has 6 heteroatoms. The number of likely N-dealkylation sites (tertiary alicyclic amines) is 1. The fourth-order valence-electron chi connectivity index (χ4n) is 5.27. The summed E-state index contributed by atoms with van der Waals surface area (Å²) in [6.45, 7) is 9.84. The van der Waals surface area contributed by atoms with Gasteiger partial charge in [-0.05, 0) is 68.9 Å². The van der Waals surface area contributed by atoms with Crippen molar-refractivity contribution in [2.75, 3.05) is 26.2 Å². The average molecular weight is 519 g/mol. The third-order valence-corrected chi connectivity index (χ3v) is 7.73. The maximum atomic E-state index is 12.0. The number of nitrogens with one attached hydrogen (secondary N) is 1. The number of rotatable bonds is 14. The van der Waals surface area contributed by atoms with Gasteiger partial charge in [0, 0.05) is 36.3 Å². The lowest BCUT2D eigenvalue weighted by atomic mass is 9.90. The third kappa shape index (κ3) is 9.10. The van der Waals surface area contributed by atoms with Crippen molar-refractivity contribution in [1.82, 2.24) is 10.2 Å². The van der Waals surface area contributed by atoms with Crippen LogP contribution in [0.1, 0.15) is 63.6 Å². The van der Waals surface area contributed by atoms with Gasteiger partial charge < -0.3 is 15.7 Å². The highest BCUT2D eigenvalue weighted by Crippen LogP contribution is 2.24. The van der Waals surface area contributed by atoms with Gasteiger partial charge in [-0.25, -0.2) is 0 Å². The Bertz CT molecular complexity index is 1030. The second-order valence-electron chi connectivity index (χ2n) is 10.5. The van der Waals surface area contributed by atoms with Crippen molar-refractivity contribution in [2.45, 2.75) is 65.0 Å². The Hall–Kier alpha value is -2.96. The molecule has 3 rings (SSSR count). The molecule has 2 unspecified atom stereocenters. The van der Waals surface area contributed by atoms with Crippen LogP contribution in [0.3, 0.4) is 0 Å². The Balaban J connectivity index is 1.59. The van der Waals surface area contributed by atoms with Crippen LogP contribution in [0.2, 0.25) is 0 Å². The molecule has 2 aromatic rings. The van der Waals surface area contributed by atoms with Gasteiger partial charge in [-0.15, -0.1) is 0 Å².